The minimum absolute atomic E-state index is 0.0400. The van der Waals surface area contributed by atoms with Crippen molar-refractivity contribution in [2.24, 2.45) is 0 Å². The van der Waals surface area contributed by atoms with Gasteiger partial charge in [0.15, 0.2) is 5.69 Å². The monoisotopic (exact) mass is 557 g/mol. The van der Waals surface area contributed by atoms with Gasteiger partial charge in [0, 0.05) is 22.3 Å². The Bertz CT molecular complexity index is 1690. The van der Waals surface area contributed by atoms with Crippen LogP contribution in [0.5, 0.6) is 0 Å². The van der Waals surface area contributed by atoms with Crippen molar-refractivity contribution in [1.29, 1.82) is 5.26 Å². The van der Waals surface area contributed by atoms with E-state index in [1.54, 1.807) is 12.1 Å². The van der Waals surface area contributed by atoms with E-state index in [4.69, 9.17) is 16.9 Å². The lowest BCUT2D eigenvalue weighted by atomic mass is 10.1. The molecule has 2 aromatic carbocycles. The smallest absolute Gasteiger partial charge is 0.306 e. The molecule has 200 valence electrons. The van der Waals surface area contributed by atoms with E-state index in [1.165, 1.54) is 42.8 Å². The van der Waals surface area contributed by atoms with Crippen molar-refractivity contribution in [3.63, 3.8) is 0 Å². The number of H-pyrrole nitrogens is 1. The van der Waals surface area contributed by atoms with Crippen LogP contribution >= 0.6 is 11.6 Å². The Hall–Kier alpha value is -4.30. The minimum Gasteiger partial charge on any atom is -0.306 e. The van der Waals surface area contributed by atoms with Gasteiger partial charge in [-0.15, -0.1) is 0 Å². The molecule has 12 heteroatoms. The van der Waals surface area contributed by atoms with Crippen LogP contribution in [0.25, 0.3) is 11.4 Å². The van der Waals surface area contributed by atoms with Crippen LogP contribution in [0.2, 0.25) is 5.02 Å². The van der Waals surface area contributed by atoms with Crippen molar-refractivity contribution in [2.75, 3.05) is 0 Å². The van der Waals surface area contributed by atoms with E-state index < -0.39 is 34.4 Å². The van der Waals surface area contributed by atoms with Crippen LogP contribution in [0.3, 0.4) is 0 Å². The normalized spacial score (nSPS) is 12.8. The maximum absolute atomic E-state index is 13.3. The highest BCUT2D eigenvalue weighted by Gasteiger charge is 2.35. The van der Waals surface area contributed by atoms with E-state index in [9.17, 15) is 27.2 Å². The van der Waals surface area contributed by atoms with Gasteiger partial charge in [0.25, 0.3) is 11.1 Å². The summed E-state index contributed by atoms with van der Waals surface area (Å²) in [6.45, 7) is 0.709. The van der Waals surface area contributed by atoms with Crippen LogP contribution in [-0.2, 0) is 12.7 Å². The summed E-state index contributed by atoms with van der Waals surface area (Å²) in [6.07, 6.45) is -0.346. The van der Waals surface area contributed by atoms with Crippen molar-refractivity contribution in [3.8, 4) is 17.5 Å². The van der Waals surface area contributed by atoms with Gasteiger partial charge >= 0.3 is 6.18 Å². The maximum atomic E-state index is 13.3. The zero-order valence-corrected chi connectivity index (χ0v) is 21.1. The first-order valence-electron chi connectivity index (χ1n) is 11.6. The van der Waals surface area contributed by atoms with E-state index in [1.807, 2.05) is 12.1 Å². The SMILES string of the molecule is Cc1c(C(F)(F)F)ncn(Cc2cnc(-c3cccc(F)c3)[nH]c2=O)c1=O.N#Cc1cc(Cl)cc(C2CC2)c1. The third kappa shape index (κ3) is 6.78. The van der Waals surface area contributed by atoms with Gasteiger partial charge in [0.2, 0.25) is 0 Å². The molecule has 4 aromatic rings. The number of nitrogens with one attached hydrogen (secondary N) is 1. The summed E-state index contributed by atoms with van der Waals surface area (Å²) in [5.41, 5.74) is -1.06. The second-order valence-corrected chi connectivity index (χ2v) is 9.34. The highest BCUT2D eigenvalue weighted by atomic mass is 35.5. The molecule has 5 rings (SSSR count). The van der Waals surface area contributed by atoms with Crippen LogP contribution < -0.4 is 11.1 Å². The maximum Gasteiger partial charge on any atom is 0.433 e. The molecule has 0 radical (unpaired) electrons. The average Bonchev–Trinajstić information content (AvgIpc) is 3.73. The van der Waals surface area contributed by atoms with Crippen molar-refractivity contribution >= 4 is 11.6 Å². The summed E-state index contributed by atoms with van der Waals surface area (Å²) < 4.78 is 52.5. The summed E-state index contributed by atoms with van der Waals surface area (Å²) in [5, 5.41) is 9.36. The summed E-state index contributed by atoms with van der Waals surface area (Å²) in [7, 11) is 0. The second kappa shape index (κ2) is 11.2. The Morgan fingerprint density at radius 3 is 2.51 bits per heavy atom. The van der Waals surface area contributed by atoms with Crippen molar-refractivity contribution in [3.05, 3.63) is 114 Å². The van der Waals surface area contributed by atoms with Gasteiger partial charge in [-0.25, -0.2) is 14.4 Å². The number of aromatic nitrogens is 4. The molecule has 2 heterocycles. The van der Waals surface area contributed by atoms with Crippen LogP contribution in [-0.4, -0.2) is 19.5 Å². The van der Waals surface area contributed by atoms with Gasteiger partial charge < -0.3 is 4.98 Å². The van der Waals surface area contributed by atoms with Gasteiger partial charge in [0.1, 0.15) is 11.6 Å². The Balaban J connectivity index is 0.000000243. The molecule has 0 spiro atoms. The van der Waals surface area contributed by atoms with Crippen LogP contribution in [0, 0.1) is 24.1 Å². The lowest BCUT2D eigenvalue weighted by Gasteiger charge is -2.11. The predicted octanol–water partition coefficient (Wildman–Crippen LogP) is 5.60. The first-order valence-corrected chi connectivity index (χ1v) is 12.0. The topological polar surface area (TPSA) is 104 Å². The summed E-state index contributed by atoms with van der Waals surface area (Å²) in [6, 6.07) is 13.1. The molecule has 0 amide bonds. The minimum atomic E-state index is -4.74. The fourth-order valence-electron chi connectivity index (χ4n) is 3.82. The first kappa shape index (κ1) is 27.7. The standard InChI is InChI=1S/C17H12F4N4O2.C10H8ClN/c1-9-13(17(19,20)21)23-8-25(16(9)27)7-11-6-22-14(24-15(11)26)10-3-2-4-12(18)5-10;11-10-4-7(6-12)3-9(5-10)8-1-2-8/h2-6,8H,7H2,1H3,(H,22,24,26);3-5,8H,1-2H2. The molecule has 0 atom stereocenters. The van der Waals surface area contributed by atoms with Gasteiger partial charge in [-0.05, 0) is 61.6 Å². The van der Waals surface area contributed by atoms with Gasteiger partial charge in [-0.3, -0.25) is 14.2 Å². The molecule has 39 heavy (non-hydrogen) atoms. The zero-order chi connectivity index (χ0) is 28.3. The number of hydrogen-bond acceptors (Lipinski definition) is 5. The van der Waals surface area contributed by atoms with Crippen molar-refractivity contribution in [2.45, 2.75) is 38.4 Å². The number of nitriles is 1. The Labute approximate surface area is 224 Å². The molecule has 2 aromatic heterocycles. The molecule has 1 aliphatic carbocycles. The Morgan fingerprint density at radius 2 is 1.90 bits per heavy atom. The van der Waals surface area contributed by atoms with Gasteiger partial charge in [-0.1, -0.05) is 23.7 Å². The molecule has 1 N–H and O–H groups in total. The van der Waals surface area contributed by atoms with E-state index >= 15 is 0 Å². The zero-order valence-electron chi connectivity index (χ0n) is 20.4. The molecular formula is C27H20ClF4N5O2. The molecule has 1 saturated carbocycles. The van der Waals surface area contributed by atoms with E-state index in [0.29, 0.717) is 22.1 Å². The predicted molar refractivity (Wildman–Crippen MR) is 136 cm³/mol. The van der Waals surface area contributed by atoms with Crippen molar-refractivity contribution < 1.29 is 17.6 Å². The van der Waals surface area contributed by atoms with Gasteiger partial charge in [-0.2, -0.15) is 18.4 Å². The summed E-state index contributed by atoms with van der Waals surface area (Å²) in [5.74, 6) is 0.283. The first-order chi connectivity index (χ1) is 18.5. The van der Waals surface area contributed by atoms with E-state index in [0.717, 1.165) is 17.8 Å². The van der Waals surface area contributed by atoms with Crippen LogP contribution in [0.15, 0.2) is 64.6 Å². The molecule has 1 aliphatic rings. The highest BCUT2D eigenvalue weighted by molar-refractivity contribution is 6.30. The quantitative estimate of drug-likeness (QED) is 0.329. The third-order valence-corrected chi connectivity index (χ3v) is 6.16. The number of halogens is 5. The van der Waals surface area contributed by atoms with E-state index in [2.05, 4.69) is 21.0 Å². The Kier molecular flexibility index (Phi) is 7.97. The largest absolute Gasteiger partial charge is 0.433 e. The molecule has 1 fully saturated rings. The van der Waals surface area contributed by atoms with Gasteiger partial charge in [0.05, 0.1) is 30.1 Å². The molecule has 0 aliphatic heterocycles. The molecule has 0 bridgehead atoms. The lowest BCUT2D eigenvalue weighted by molar-refractivity contribution is -0.141. The van der Waals surface area contributed by atoms with Crippen molar-refractivity contribution in [1.82, 2.24) is 19.5 Å². The molecule has 0 unspecified atom stereocenters. The number of nitrogens with zero attached hydrogens (tertiary/aromatic N) is 4. The fraction of sp³-hybridized carbons (Fsp3) is 0.222. The Morgan fingerprint density at radius 1 is 1.15 bits per heavy atom. The summed E-state index contributed by atoms with van der Waals surface area (Å²) in [4.78, 5) is 34.1. The van der Waals surface area contributed by atoms with Crippen LogP contribution in [0.4, 0.5) is 17.6 Å². The average molecular weight is 558 g/mol. The summed E-state index contributed by atoms with van der Waals surface area (Å²) >= 11 is 5.85. The second-order valence-electron chi connectivity index (χ2n) is 8.90. The molecule has 0 saturated heterocycles. The number of aromatic amines is 1. The fourth-order valence-corrected chi connectivity index (χ4v) is 4.06. The van der Waals surface area contributed by atoms with Crippen LogP contribution in [0.1, 0.15) is 46.7 Å². The number of alkyl halides is 3. The number of hydrogen-bond donors (Lipinski definition) is 1. The third-order valence-electron chi connectivity index (χ3n) is 5.94. The molecular weight excluding hydrogens is 538 g/mol. The van der Waals surface area contributed by atoms with E-state index in [-0.39, 0.29) is 17.9 Å². The highest BCUT2D eigenvalue weighted by Crippen LogP contribution is 2.41. The molecule has 7 nitrogen and oxygen atoms in total. The number of rotatable bonds is 4. The number of benzene rings is 2. The lowest BCUT2D eigenvalue weighted by Crippen LogP contribution is -2.29.